The standard InChI is InChI=1S/C24H22N4O4S/c1-27-15-21(14-22(27)24(25)30)33(31,32)28(20-9-3-2-4-10-20)16-23(29)26-19-12-11-17-7-5-6-8-18(17)13-19/h2-15H,16H2,1H3,(H2,25,30)(H,26,29). The molecule has 0 aliphatic rings. The second-order valence-electron chi connectivity index (χ2n) is 7.49. The Morgan fingerprint density at radius 1 is 0.939 bits per heavy atom. The zero-order chi connectivity index (χ0) is 23.6. The molecule has 2 amide bonds. The summed E-state index contributed by atoms with van der Waals surface area (Å²) in [6.07, 6.45) is 1.30. The number of rotatable bonds is 7. The van der Waals surface area contributed by atoms with Crippen LogP contribution in [0.1, 0.15) is 10.5 Å². The number of sulfonamides is 1. The van der Waals surface area contributed by atoms with Gasteiger partial charge in [-0.3, -0.25) is 13.9 Å². The number of aromatic nitrogens is 1. The topological polar surface area (TPSA) is 114 Å². The average molecular weight is 463 g/mol. The summed E-state index contributed by atoms with van der Waals surface area (Å²) in [5, 5.41) is 4.74. The molecule has 1 heterocycles. The molecular formula is C24H22N4O4S. The van der Waals surface area contributed by atoms with Crippen LogP contribution in [-0.2, 0) is 21.9 Å². The van der Waals surface area contributed by atoms with Crippen LogP contribution in [0.2, 0.25) is 0 Å². The predicted octanol–water partition coefficient (Wildman–Crippen LogP) is 3.11. The molecule has 0 bridgehead atoms. The summed E-state index contributed by atoms with van der Waals surface area (Å²) in [5.41, 5.74) is 6.25. The summed E-state index contributed by atoms with van der Waals surface area (Å²) in [6, 6.07) is 22.7. The molecule has 4 rings (SSSR count). The van der Waals surface area contributed by atoms with Crippen LogP contribution < -0.4 is 15.4 Å². The van der Waals surface area contributed by atoms with Crippen molar-refractivity contribution in [2.24, 2.45) is 12.8 Å². The van der Waals surface area contributed by atoms with Crippen LogP contribution in [0.5, 0.6) is 0 Å². The lowest BCUT2D eigenvalue weighted by molar-refractivity contribution is -0.114. The second kappa shape index (κ2) is 8.79. The number of carbonyl (C=O) groups excluding carboxylic acids is 2. The van der Waals surface area contributed by atoms with Gasteiger partial charge in [0, 0.05) is 18.9 Å². The Bertz CT molecular complexity index is 1450. The largest absolute Gasteiger partial charge is 0.364 e. The first-order valence-electron chi connectivity index (χ1n) is 10.1. The summed E-state index contributed by atoms with van der Waals surface area (Å²) < 4.78 is 29.3. The Balaban J connectivity index is 1.65. The first kappa shape index (κ1) is 22.1. The van der Waals surface area contributed by atoms with Gasteiger partial charge in [-0.05, 0) is 41.1 Å². The molecule has 8 nitrogen and oxygen atoms in total. The Morgan fingerprint density at radius 2 is 1.61 bits per heavy atom. The van der Waals surface area contributed by atoms with Gasteiger partial charge in [-0.1, -0.05) is 48.5 Å². The maximum absolute atomic E-state index is 13.5. The number of primary amides is 1. The molecule has 3 aromatic carbocycles. The molecule has 0 saturated carbocycles. The fourth-order valence-electron chi connectivity index (χ4n) is 3.55. The van der Waals surface area contributed by atoms with Crippen molar-refractivity contribution in [2.45, 2.75) is 4.90 Å². The van der Waals surface area contributed by atoms with Crippen molar-refractivity contribution < 1.29 is 18.0 Å². The minimum atomic E-state index is -4.17. The number of fused-ring (bicyclic) bond motifs is 1. The van der Waals surface area contributed by atoms with Gasteiger partial charge in [0.05, 0.1) is 5.69 Å². The van der Waals surface area contributed by atoms with Crippen LogP contribution >= 0.6 is 0 Å². The van der Waals surface area contributed by atoms with Gasteiger partial charge in [-0.25, -0.2) is 8.42 Å². The zero-order valence-electron chi connectivity index (χ0n) is 17.8. The zero-order valence-corrected chi connectivity index (χ0v) is 18.6. The van der Waals surface area contributed by atoms with Gasteiger partial charge in [0.15, 0.2) is 0 Å². The summed E-state index contributed by atoms with van der Waals surface area (Å²) in [5.74, 6) is -1.26. The third kappa shape index (κ3) is 4.58. The first-order valence-corrected chi connectivity index (χ1v) is 11.5. The predicted molar refractivity (Wildman–Crippen MR) is 127 cm³/mol. The fraction of sp³-hybridized carbons (Fsp3) is 0.0833. The molecule has 33 heavy (non-hydrogen) atoms. The van der Waals surface area contributed by atoms with E-state index in [1.54, 1.807) is 36.4 Å². The van der Waals surface area contributed by atoms with Gasteiger partial charge in [-0.15, -0.1) is 0 Å². The summed E-state index contributed by atoms with van der Waals surface area (Å²) in [7, 11) is -2.64. The van der Waals surface area contributed by atoms with E-state index >= 15 is 0 Å². The van der Waals surface area contributed by atoms with Crippen LogP contribution in [0.25, 0.3) is 10.8 Å². The van der Waals surface area contributed by atoms with Gasteiger partial charge in [0.25, 0.3) is 15.9 Å². The summed E-state index contributed by atoms with van der Waals surface area (Å²) in [6.45, 7) is -0.458. The highest BCUT2D eigenvalue weighted by Gasteiger charge is 2.29. The van der Waals surface area contributed by atoms with Crippen molar-refractivity contribution in [3.63, 3.8) is 0 Å². The van der Waals surface area contributed by atoms with Crippen LogP contribution in [0, 0.1) is 0 Å². The molecular weight excluding hydrogens is 440 g/mol. The monoisotopic (exact) mass is 462 g/mol. The molecule has 1 aromatic heterocycles. The van der Waals surface area contributed by atoms with Gasteiger partial charge in [-0.2, -0.15) is 0 Å². The molecule has 0 unspecified atom stereocenters. The quantitative estimate of drug-likeness (QED) is 0.439. The van der Waals surface area contributed by atoms with Crippen molar-refractivity contribution in [3.8, 4) is 0 Å². The van der Waals surface area contributed by atoms with Crippen LogP contribution in [0.4, 0.5) is 11.4 Å². The van der Waals surface area contributed by atoms with E-state index < -0.39 is 28.4 Å². The van der Waals surface area contributed by atoms with Crippen molar-refractivity contribution in [1.82, 2.24) is 4.57 Å². The second-order valence-corrected chi connectivity index (χ2v) is 9.36. The van der Waals surface area contributed by atoms with E-state index in [0.717, 1.165) is 15.1 Å². The molecule has 0 aliphatic carbocycles. The molecule has 0 fully saturated rings. The lowest BCUT2D eigenvalue weighted by Gasteiger charge is -2.23. The molecule has 168 valence electrons. The molecule has 4 aromatic rings. The molecule has 0 radical (unpaired) electrons. The number of nitrogens with two attached hydrogens (primary N) is 1. The molecule has 0 saturated heterocycles. The third-order valence-electron chi connectivity index (χ3n) is 5.18. The number of hydrogen-bond donors (Lipinski definition) is 2. The van der Waals surface area contributed by atoms with E-state index in [0.29, 0.717) is 11.4 Å². The number of anilines is 2. The van der Waals surface area contributed by atoms with E-state index in [9.17, 15) is 18.0 Å². The maximum atomic E-state index is 13.5. The summed E-state index contributed by atoms with van der Waals surface area (Å²) >= 11 is 0. The van der Waals surface area contributed by atoms with E-state index in [1.807, 2.05) is 36.4 Å². The first-order chi connectivity index (χ1) is 15.8. The minimum absolute atomic E-state index is 0.0437. The van der Waals surface area contributed by atoms with Crippen molar-refractivity contribution >= 4 is 44.0 Å². The van der Waals surface area contributed by atoms with Crippen LogP contribution in [0.15, 0.2) is 90.0 Å². The highest BCUT2D eigenvalue weighted by Crippen LogP contribution is 2.25. The Kier molecular flexibility index (Phi) is 5.89. The van der Waals surface area contributed by atoms with E-state index in [4.69, 9.17) is 5.73 Å². The Hall–Kier alpha value is -4.11. The fourth-order valence-corrected chi connectivity index (χ4v) is 5.05. The van der Waals surface area contributed by atoms with Gasteiger partial charge < -0.3 is 15.6 Å². The Labute approximate surface area is 191 Å². The van der Waals surface area contributed by atoms with E-state index in [1.165, 1.54) is 23.9 Å². The van der Waals surface area contributed by atoms with E-state index in [-0.39, 0.29) is 10.6 Å². The molecule has 9 heteroatoms. The number of amides is 2. The number of hydrogen-bond acceptors (Lipinski definition) is 4. The Morgan fingerprint density at radius 3 is 2.27 bits per heavy atom. The number of carbonyl (C=O) groups is 2. The molecule has 3 N–H and O–H groups in total. The third-order valence-corrected chi connectivity index (χ3v) is 6.92. The maximum Gasteiger partial charge on any atom is 0.266 e. The normalized spacial score (nSPS) is 11.3. The van der Waals surface area contributed by atoms with Crippen LogP contribution in [0.3, 0.4) is 0 Å². The highest BCUT2D eigenvalue weighted by atomic mass is 32.2. The highest BCUT2D eigenvalue weighted by molar-refractivity contribution is 7.92. The summed E-state index contributed by atoms with van der Waals surface area (Å²) in [4.78, 5) is 24.4. The lowest BCUT2D eigenvalue weighted by Crippen LogP contribution is -2.38. The average Bonchev–Trinajstić information content (AvgIpc) is 3.21. The van der Waals surface area contributed by atoms with Crippen LogP contribution in [-0.4, -0.2) is 31.3 Å². The van der Waals surface area contributed by atoms with Crippen molar-refractivity contribution in [2.75, 3.05) is 16.2 Å². The van der Waals surface area contributed by atoms with Gasteiger partial charge in [0.1, 0.15) is 17.1 Å². The van der Waals surface area contributed by atoms with Gasteiger partial charge >= 0.3 is 0 Å². The minimum Gasteiger partial charge on any atom is -0.364 e. The smallest absolute Gasteiger partial charge is 0.266 e. The number of aryl methyl sites for hydroxylation is 1. The lowest BCUT2D eigenvalue weighted by atomic mass is 10.1. The van der Waals surface area contributed by atoms with Crippen molar-refractivity contribution in [3.05, 3.63) is 90.8 Å². The van der Waals surface area contributed by atoms with Gasteiger partial charge in [0.2, 0.25) is 5.91 Å². The van der Waals surface area contributed by atoms with Crippen molar-refractivity contribution in [1.29, 1.82) is 0 Å². The SMILES string of the molecule is Cn1cc(S(=O)(=O)N(CC(=O)Nc2ccc3ccccc3c2)c2ccccc2)cc1C(N)=O. The molecule has 0 spiro atoms. The van der Waals surface area contributed by atoms with E-state index in [2.05, 4.69) is 5.32 Å². The number of benzene rings is 3. The number of nitrogens with zero attached hydrogens (tertiary/aromatic N) is 2. The molecule has 0 aliphatic heterocycles. The molecule has 0 atom stereocenters. The number of para-hydroxylation sites is 1. The number of nitrogens with one attached hydrogen (secondary N) is 1.